The van der Waals surface area contributed by atoms with Gasteiger partial charge in [0.05, 0.1) is 0 Å². The number of halogens is 1. The van der Waals surface area contributed by atoms with Crippen LogP contribution in [0, 0.1) is 0 Å². The lowest BCUT2D eigenvalue weighted by Gasteiger charge is -2.33. The molecule has 0 aliphatic carbocycles. The van der Waals surface area contributed by atoms with Crippen LogP contribution in [0.15, 0.2) is 10.9 Å². The zero-order valence-corrected chi connectivity index (χ0v) is 8.08. The maximum absolute atomic E-state index is 11.2. The molecule has 1 aliphatic rings. The van der Waals surface area contributed by atoms with Crippen molar-refractivity contribution in [3.8, 4) is 0 Å². The molecular formula is C8H10ClN3O. The number of anilines is 1. The summed E-state index contributed by atoms with van der Waals surface area (Å²) < 4.78 is 1.64. The van der Waals surface area contributed by atoms with E-state index in [1.165, 1.54) is 12.5 Å². The van der Waals surface area contributed by atoms with E-state index in [1.54, 1.807) is 11.7 Å². The van der Waals surface area contributed by atoms with Gasteiger partial charge in [-0.1, -0.05) is 11.6 Å². The van der Waals surface area contributed by atoms with Crippen molar-refractivity contribution in [3.63, 3.8) is 0 Å². The molecule has 1 saturated heterocycles. The van der Waals surface area contributed by atoms with Crippen LogP contribution in [0.4, 0.5) is 5.82 Å². The highest BCUT2D eigenvalue weighted by molar-refractivity contribution is 6.29. The van der Waals surface area contributed by atoms with Gasteiger partial charge in [-0.05, 0) is 6.42 Å². The van der Waals surface area contributed by atoms with Crippen molar-refractivity contribution in [1.82, 2.24) is 9.78 Å². The van der Waals surface area contributed by atoms with Gasteiger partial charge in [-0.2, -0.15) is 5.10 Å². The van der Waals surface area contributed by atoms with E-state index in [-0.39, 0.29) is 10.6 Å². The van der Waals surface area contributed by atoms with Crippen LogP contribution in [0.3, 0.4) is 0 Å². The van der Waals surface area contributed by atoms with E-state index >= 15 is 0 Å². The summed E-state index contributed by atoms with van der Waals surface area (Å²) in [4.78, 5) is 13.3. The zero-order chi connectivity index (χ0) is 9.42. The first-order chi connectivity index (χ1) is 6.18. The molecule has 2 heterocycles. The summed E-state index contributed by atoms with van der Waals surface area (Å²) in [5, 5.41) is 3.94. The minimum absolute atomic E-state index is 0.0340. The fourth-order valence-electron chi connectivity index (χ4n) is 1.34. The molecule has 2 rings (SSSR count). The molecule has 0 atom stereocenters. The van der Waals surface area contributed by atoms with E-state index < -0.39 is 0 Å². The summed E-state index contributed by atoms with van der Waals surface area (Å²) in [5.41, 5.74) is -0.207. The number of hydrogen-bond acceptors (Lipinski definition) is 3. The molecule has 0 aromatic carbocycles. The van der Waals surface area contributed by atoms with Gasteiger partial charge >= 0.3 is 0 Å². The van der Waals surface area contributed by atoms with Crippen molar-refractivity contribution in [3.05, 3.63) is 21.4 Å². The molecule has 1 aromatic heterocycles. The van der Waals surface area contributed by atoms with Crippen molar-refractivity contribution in [1.29, 1.82) is 0 Å². The number of hydrogen-bond donors (Lipinski definition) is 0. The Morgan fingerprint density at radius 1 is 1.54 bits per heavy atom. The number of aromatic nitrogens is 2. The Balaban J connectivity index is 2.45. The van der Waals surface area contributed by atoms with Gasteiger partial charge in [0.15, 0.2) is 5.15 Å². The Morgan fingerprint density at radius 3 is 2.77 bits per heavy atom. The quantitative estimate of drug-likeness (QED) is 0.667. The molecule has 70 valence electrons. The van der Waals surface area contributed by atoms with Gasteiger partial charge in [-0.15, -0.1) is 0 Å². The predicted octanol–water partition coefficient (Wildman–Crippen LogP) is 0.644. The van der Waals surface area contributed by atoms with Crippen LogP contribution in [-0.4, -0.2) is 22.9 Å². The summed E-state index contributed by atoms with van der Waals surface area (Å²) in [5.74, 6) is 0.848. The van der Waals surface area contributed by atoms with E-state index in [2.05, 4.69) is 10.00 Å². The Kier molecular flexibility index (Phi) is 2.00. The van der Waals surface area contributed by atoms with Gasteiger partial charge in [0, 0.05) is 26.2 Å². The Bertz CT molecular complexity index is 383. The second-order valence-corrected chi connectivity index (χ2v) is 3.48. The lowest BCUT2D eigenvalue weighted by atomic mass is 10.2. The molecule has 0 saturated carbocycles. The SMILES string of the molecule is Cn1nc(Cl)c(=O)cc1N1CCC1. The Hall–Kier alpha value is -1.03. The van der Waals surface area contributed by atoms with E-state index in [1.807, 2.05) is 0 Å². The first-order valence-corrected chi connectivity index (χ1v) is 4.55. The molecule has 0 spiro atoms. The van der Waals surface area contributed by atoms with E-state index in [0.29, 0.717) is 0 Å². The molecule has 1 fully saturated rings. The van der Waals surface area contributed by atoms with Crippen molar-refractivity contribution in [2.45, 2.75) is 6.42 Å². The summed E-state index contributed by atoms with van der Waals surface area (Å²) >= 11 is 5.59. The molecule has 1 aliphatic heterocycles. The van der Waals surface area contributed by atoms with Crippen LogP contribution in [0.25, 0.3) is 0 Å². The van der Waals surface area contributed by atoms with Gasteiger partial charge < -0.3 is 4.90 Å². The normalized spacial score (nSPS) is 15.7. The maximum atomic E-state index is 11.2. The van der Waals surface area contributed by atoms with Crippen molar-refractivity contribution >= 4 is 17.4 Å². The van der Waals surface area contributed by atoms with Crippen LogP contribution < -0.4 is 10.3 Å². The van der Waals surface area contributed by atoms with Crippen molar-refractivity contribution in [2.75, 3.05) is 18.0 Å². The predicted molar refractivity (Wildman–Crippen MR) is 51.3 cm³/mol. The molecule has 0 amide bonds. The Morgan fingerprint density at radius 2 is 2.23 bits per heavy atom. The standard InChI is InChI=1S/C8H10ClN3O/c1-11-7(12-3-2-4-12)5-6(13)8(9)10-11/h5H,2-4H2,1H3. The van der Waals surface area contributed by atoms with Crippen LogP contribution >= 0.6 is 11.6 Å². The number of rotatable bonds is 1. The minimum Gasteiger partial charge on any atom is -0.357 e. The van der Waals surface area contributed by atoms with Gasteiger partial charge in [0.2, 0.25) is 5.43 Å². The number of nitrogens with zero attached hydrogens (tertiary/aromatic N) is 3. The molecule has 1 aromatic rings. The van der Waals surface area contributed by atoms with E-state index in [9.17, 15) is 4.79 Å². The monoisotopic (exact) mass is 199 g/mol. The van der Waals surface area contributed by atoms with Crippen LogP contribution in [0.5, 0.6) is 0 Å². The third kappa shape index (κ3) is 1.42. The lowest BCUT2D eigenvalue weighted by Crippen LogP contribution is -2.39. The second-order valence-electron chi connectivity index (χ2n) is 3.12. The third-order valence-electron chi connectivity index (χ3n) is 2.21. The van der Waals surface area contributed by atoms with Gasteiger partial charge in [-0.3, -0.25) is 9.48 Å². The molecule has 0 N–H and O–H groups in total. The van der Waals surface area contributed by atoms with Gasteiger partial charge in [-0.25, -0.2) is 0 Å². The zero-order valence-electron chi connectivity index (χ0n) is 7.33. The highest BCUT2D eigenvalue weighted by Gasteiger charge is 2.17. The summed E-state index contributed by atoms with van der Waals surface area (Å²) in [6.07, 6.45) is 1.18. The van der Waals surface area contributed by atoms with Crippen molar-refractivity contribution in [2.24, 2.45) is 7.05 Å². The fourth-order valence-corrected chi connectivity index (χ4v) is 1.51. The topological polar surface area (TPSA) is 38.1 Å². The first-order valence-electron chi connectivity index (χ1n) is 4.17. The molecule has 0 radical (unpaired) electrons. The molecule has 5 heteroatoms. The molecule has 0 bridgehead atoms. The summed E-state index contributed by atoms with van der Waals surface area (Å²) in [7, 11) is 1.79. The Labute approximate surface area is 80.7 Å². The minimum atomic E-state index is -0.207. The summed E-state index contributed by atoms with van der Waals surface area (Å²) in [6.45, 7) is 1.99. The highest BCUT2D eigenvalue weighted by atomic mass is 35.5. The van der Waals surface area contributed by atoms with Crippen LogP contribution in [-0.2, 0) is 7.05 Å². The number of aryl methyl sites for hydroxylation is 1. The average molecular weight is 200 g/mol. The largest absolute Gasteiger partial charge is 0.357 e. The van der Waals surface area contributed by atoms with Crippen LogP contribution in [0.1, 0.15) is 6.42 Å². The first kappa shape index (κ1) is 8.56. The van der Waals surface area contributed by atoms with E-state index in [4.69, 9.17) is 11.6 Å². The average Bonchev–Trinajstić information content (AvgIpc) is 1.96. The summed E-state index contributed by atoms with van der Waals surface area (Å²) in [6, 6.07) is 1.54. The maximum Gasteiger partial charge on any atom is 0.221 e. The molecule has 4 nitrogen and oxygen atoms in total. The molecule has 0 unspecified atom stereocenters. The molecule has 13 heavy (non-hydrogen) atoms. The molecular weight excluding hydrogens is 190 g/mol. The highest BCUT2D eigenvalue weighted by Crippen LogP contribution is 2.17. The second kappa shape index (κ2) is 3.03. The van der Waals surface area contributed by atoms with Gasteiger partial charge in [0.1, 0.15) is 5.82 Å². The smallest absolute Gasteiger partial charge is 0.221 e. The van der Waals surface area contributed by atoms with E-state index in [0.717, 1.165) is 18.9 Å². The third-order valence-corrected chi connectivity index (χ3v) is 2.47. The van der Waals surface area contributed by atoms with Crippen LogP contribution in [0.2, 0.25) is 5.15 Å². The van der Waals surface area contributed by atoms with Gasteiger partial charge in [0.25, 0.3) is 0 Å². The fraction of sp³-hybridized carbons (Fsp3) is 0.500. The lowest BCUT2D eigenvalue weighted by molar-refractivity contribution is 0.576. The van der Waals surface area contributed by atoms with Crippen molar-refractivity contribution < 1.29 is 0 Å².